The van der Waals surface area contributed by atoms with Gasteiger partial charge in [0, 0.05) is 0 Å². The summed E-state index contributed by atoms with van der Waals surface area (Å²) in [6.07, 6.45) is 12.7. The summed E-state index contributed by atoms with van der Waals surface area (Å²) in [5.74, 6) is 0.717. The van der Waals surface area contributed by atoms with Crippen LogP contribution in [0.15, 0.2) is 70.7 Å². The largest absolute Gasteiger partial charge is 0.393 e. The Morgan fingerprint density at radius 3 is 2.08 bits per heavy atom. The lowest BCUT2D eigenvalue weighted by Crippen LogP contribution is -2.49. The van der Waals surface area contributed by atoms with E-state index in [9.17, 15) is 13.5 Å². The van der Waals surface area contributed by atoms with Gasteiger partial charge in [-0.1, -0.05) is 144 Å². The first-order valence-corrected chi connectivity index (χ1v) is 28.0. The molecule has 288 valence electrons. The molecule has 3 saturated carbocycles. The zero-order chi connectivity index (χ0) is 38.5. The van der Waals surface area contributed by atoms with E-state index in [-0.39, 0.29) is 29.6 Å². The predicted molar refractivity (Wildman–Crippen MR) is 227 cm³/mol. The van der Waals surface area contributed by atoms with Crippen LogP contribution in [0.2, 0.25) is 47.3 Å². The lowest BCUT2D eigenvalue weighted by Gasteiger charge is -2.53. The summed E-state index contributed by atoms with van der Waals surface area (Å²) >= 11 is 0. The lowest BCUT2D eigenvalue weighted by atomic mass is 9.60. The van der Waals surface area contributed by atoms with Gasteiger partial charge in [-0.2, -0.15) is 0 Å². The molecule has 3 aliphatic rings. The van der Waals surface area contributed by atoms with Crippen LogP contribution in [0.25, 0.3) is 0 Å². The van der Waals surface area contributed by atoms with Gasteiger partial charge in [0.2, 0.25) is 0 Å². The maximum atomic E-state index is 14.3. The van der Waals surface area contributed by atoms with Gasteiger partial charge in [0.25, 0.3) is 0 Å². The van der Waals surface area contributed by atoms with Crippen molar-refractivity contribution >= 4 is 26.0 Å². The molecule has 1 aromatic rings. The van der Waals surface area contributed by atoms with E-state index >= 15 is 0 Å². The zero-order valence-electron chi connectivity index (χ0n) is 35.2. The number of allylic oxidation sites excluding steroid dienone is 5. The number of hydrogen-bond acceptors (Lipinski definition) is 3. The summed E-state index contributed by atoms with van der Waals surface area (Å²) in [7, 11) is -6.90. The minimum absolute atomic E-state index is 0.0110. The number of fused-ring (bicyclic) bond motifs is 1. The van der Waals surface area contributed by atoms with Crippen LogP contribution in [0.1, 0.15) is 121 Å². The highest BCUT2D eigenvalue weighted by molar-refractivity contribution is 7.92. The Labute approximate surface area is 317 Å². The first-order chi connectivity index (χ1) is 23.3. The number of rotatable bonds is 10. The van der Waals surface area contributed by atoms with E-state index in [2.05, 4.69) is 93.7 Å². The molecule has 0 heterocycles. The molecule has 0 spiro atoms. The molecular formula is C45H76O3SSi2. The summed E-state index contributed by atoms with van der Waals surface area (Å²) < 4.78 is 28.6. The topological polar surface area (TPSA) is 54.4 Å². The van der Waals surface area contributed by atoms with Gasteiger partial charge in [-0.25, -0.2) is 8.42 Å². The van der Waals surface area contributed by atoms with Crippen molar-refractivity contribution in [1.29, 1.82) is 0 Å². The molecule has 51 heavy (non-hydrogen) atoms. The van der Waals surface area contributed by atoms with Gasteiger partial charge in [-0.3, -0.25) is 0 Å². The van der Waals surface area contributed by atoms with Crippen molar-refractivity contribution < 1.29 is 13.5 Å². The average Bonchev–Trinajstić information content (AvgIpc) is 3.39. The molecule has 3 nitrogen and oxygen atoms in total. The van der Waals surface area contributed by atoms with Crippen LogP contribution >= 0.6 is 0 Å². The number of aliphatic hydroxyl groups is 1. The van der Waals surface area contributed by atoms with Crippen molar-refractivity contribution in [3.05, 3.63) is 65.8 Å². The Bertz CT molecular complexity index is 1560. The average molecular weight is 753 g/mol. The Kier molecular flexibility index (Phi) is 12.6. The summed E-state index contributed by atoms with van der Waals surface area (Å²) in [4.78, 5) is 0.382. The third-order valence-electron chi connectivity index (χ3n) is 16.0. The fourth-order valence-corrected chi connectivity index (χ4v) is 18.3. The van der Waals surface area contributed by atoms with Crippen molar-refractivity contribution in [2.75, 3.05) is 0 Å². The molecule has 3 fully saturated rings. The molecule has 8 atom stereocenters. The molecule has 1 N–H and O–H groups in total. The molecule has 6 heteroatoms. The number of sulfone groups is 1. The van der Waals surface area contributed by atoms with Crippen molar-refractivity contribution in [1.82, 2.24) is 0 Å². The molecule has 0 bridgehead atoms. The minimum atomic E-state index is -3.62. The van der Waals surface area contributed by atoms with E-state index in [4.69, 9.17) is 6.58 Å². The van der Waals surface area contributed by atoms with Crippen LogP contribution in [-0.4, -0.2) is 41.0 Å². The highest BCUT2D eigenvalue weighted by Gasteiger charge is 2.54. The van der Waals surface area contributed by atoms with E-state index in [0.29, 0.717) is 26.4 Å². The Morgan fingerprint density at radius 1 is 0.941 bits per heavy atom. The summed E-state index contributed by atoms with van der Waals surface area (Å²) in [6, 6.07) is 8.97. The minimum Gasteiger partial charge on any atom is -0.393 e. The van der Waals surface area contributed by atoms with Crippen LogP contribution in [-0.2, 0) is 9.84 Å². The predicted octanol–water partition coefficient (Wildman–Crippen LogP) is 13.0. The third kappa shape index (κ3) is 8.25. The van der Waals surface area contributed by atoms with Gasteiger partial charge >= 0.3 is 0 Å². The Balaban J connectivity index is 1.71. The van der Waals surface area contributed by atoms with E-state index < -0.39 is 37.3 Å². The first kappa shape index (κ1) is 42.5. The SMILES string of the molecule is C=C1/C(=C\C=C2/CCC[C@]3(C)[C@@H]([C@H](C)C(C[C@H](O)C(C)C)S(=O)(=O)c4ccccc4)CC[C@@H]23)C[C@@H]([Si](C)(C)C(C)(C)C)C[C@@H]1[Si](C)(C)C(C)(C)C. The molecule has 1 aromatic carbocycles. The number of hydrogen-bond donors (Lipinski definition) is 1. The molecule has 4 rings (SSSR count). The van der Waals surface area contributed by atoms with E-state index in [0.717, 1.165) is 44.1 Å². The molecule has 0 aliphatic heterocycles. The molecular weight excluding hydrogens is 677 g/mol. The fourth-order valence-electron chi connectivity index (χ4n) is 10.2. The maximum absolute atomic E-state index is 14.3. The molecule has 0 amide bonds. The Hall–Kier alpha value is -1.22. The van der Waals surface area contributed by atoms with E-state index in [1.807, 2.05) is 32.0 Å². The fraction of sp³-hybridized carbons (Fsp3) is 0.733. The van der Waals surface area contributed by atoms with Crippen molar-refractivity contribution in [2.45, 2.75) is 184 Å². The van der Waals surface area contributed by atoms with Gasteiger partial charge in [-0.05, 0) is 119 Å². The van der Waals surface area contributed by atoms with Crippen LogP contribution in [0.4, 0.5) is 0 Å². The molecule has 3 aliphatic carbocycles. The summed E-state index contributed by atoms with van der Waals surface area (Å²) in [6.45, 7) is 38.9. The van der Waals surface area contributed by atoms with Crippen LogP contribution in [0.3, 0.4) is 0 Å². The number of benzene rings is 1. The summed E-state index contributed by atoms with van der Waals surface area (Å²) in [5.41, 5.74) is 5.87. The van der Waals surface area contributed by atoms with Crippen molar-refractivity contribution in [3.8, 4) is 0 Å². The summed E-state index contributed by atoms with van der Waals surface area (Å²) in [5, 5.41) is 11.1. The van der Waals surface area contributed by atoms with Crippen molar-refractivity contribution in [3.63, 3.8) is 0 Å². The quantitative estimate of drug-likeness (QED) is 0.242. The standard InChI is InChI=1S/C45H76O3SSi2/c1-31(2)40(46)30-41(49(47,48)36-21-17-16-18-22-36)33(4)38-25-26-39-34(20-19-27-45(38,39)11)23-24-35-28-37(50(12,13)43(5,6)7)29-42(32(35)3)51(14,15)44(8,9)10/h16-18,21-24,31,33,37-42,46H,3,19-20,25-30H2,1-2,4-15H3/b34-23+,35-24-/t33-,37+,38+,39-,40-,41?,42-,45+/m0/s1. The highest BCUT2D eigenvalue weighted by Crippen LogP contribution is 2.62. The normalized spacial score (nSPS) is 30.5. The Morgan fingerprint density at radius 2 is 1.53 bits per heavy atom. The second-order valence-corrected chi connectivity index (χ2v) is 34.6. The second kappa shape index (κ2) is 15.1. The van der Waals surface area contributed by atoms with E-state index in [1.54, 1.807) is 17.7 Å². The third-order valence-corrected chi connectivity index (χ3v) is 30.9. The second-order valence-electron chi connectivity index (χ2n) is 21.0. The number of aliphatic hydroxyl groups excluding tert-OH is 1. The van der Waals surface area contributed by atoms with Crippen molar-refractivity contribution in [2.24, 2.45) is 29.1 Å². The maximum Gasteiger partial charge on any atom is 0.181 e. The van der Waals surface area contributed by atoms with Gasteiger partial charge in [0.1, 0.15) is 0 Å². The lowest BCUT2D eigenvalue weighted by molar-refractivity contribution is 0.0734. The molecule has 0 saturated heterocycles. The van der Waals surface area contributed by atoms with E-state index in [1.165, 1.54) is 17.6 Å². The van der Waals surface area contributed by atoms with Gasteiger partial charge in [-0.15, -0.1) is 0 Å². The zero-order valence-corrected chi connectivity index (χ0v) is 38.0. The monoisotopic (exact) mass is 753 g/mol. The molecule has 0 aromatic heterocycles. The van der Waals surface area contributed by atoms with Gasteiger partial charge in [0.15, 0.2) is 9.84 Å². The van der Waals surface area contributed by atoms with Crippen LogP contribution < -0.4 is 0 Å². The molecule has 0 radical (unpaired) electrons. The van der Waals surface area contributed by atoms with Gasteiger partial charge < -0.3 is 5.11 Å². The molecule has 1 unspecified atom stereocenters. The smallest absolute Gasteiger partial charge is 0.181 e. The van der Waals surface area contributed by atoms with Gasteiger partial charge in [0.05, 0.1) is 32.4 Å². The highest BCUT2D eigenvalue weighted by atomic mass is 32.2. The first-order valence-electron chi connectivity index (χ1n) is 20.3. The van der Waals surface area contributed by atoms with Crippen LogP contribution in [0, 0.1) is 29.1 Å². The van der Waals surface area contributed by atoms with Crippen LogP contribution in [0.5, 0.6) is 0 Å².